The van der Waals surface area contributed by atoms with E-state index < -0.39 is 0 Å². The van der Waals surface area contributed by atoms with Crippen molar-refractivity contribution >= 4 is 23.2 Å². The Morgan fingerprint density at radius 1 is 1.20 bits per heavy atom. The fraction of sp³-hybridized carbons (Fsp3) is 0.400. The summed E-state index contributed by atoms with van der Waals surface area (Å²) in [6.07, 6.45) is 0. The summed E-state index contributed by atoms with van der Waals surface area (Å²) >= 11 is 12.4. The van der Waals surface area contributed by atoms with Gasteiger partial charge in [0.1, 0.15) is 11.0 Å². The molecule has 1 aromatic heterocycles. The molecule has 0 aliphatic rings. The van der Waals surface area contributed by atoms with Crippen molar-refractivity contribution < 1.29 is 4.39 Å². The van der Waals surface area contributed by atoms with Crippen LogP contribution in [0.25, 0.3) is 0 Å². The maximum absolute atomic E-state index is 12.9. The van der Waals surface area contributed by atoms with Crippen molar-refractivity contribution in [3.63, 3.8) is 0 Å². The van der Waals surface area contributed by atoms with Gasteiger partial charge in [0.25, 0.3) is 0 Å². The van der Waals surface area contributed by atoms with Gasteiger partial charge in [-0.05, 0) is 17.7 Å². The minimum absolute atomic E-state index is 0.123. The van der Waals surface area contributed by atoms with Crippen molar-refractivity contribution in [1.82, 2.24) is 9.78 Å². The van der Waals surface area contributed by atoms with E-state index in [-0.39, 0.29) is 11.2 Å². The van der Waals surface area contributed by atoms with E-state index in [0.717, 1.165) is 16.8 Å². The summed E-state index contributed by atoms with van der Waals surface area (Å²) in [4.78, 5) is 0. The second-order valence-electron chi connectivity index (χ2n) is 5.79. The first-order valence-electron chi connectivity index (χ1n) is 6.39. The monoisotopic (exact) mass is 314 g/mol. The summed E-state index contributed by atoms with van der Waals surface area (Å²) in [5, 5.41) is 5.13. The molecule has 2 rings (SSSR count). The molecule has 2 nitrogen and oxygen atoms in total. The van der Waals surface area contributed by atoms with Gasteiger partial charge in [0.2, 0.25) is 0 Å². The average molecular weight is 315 g/mol. The van der Waals surface area contributed by atoms with Gasteiger partial charge in [-0.3, -0.25) is 0 Å². The molecule has 0 saturated heterocycles. The van der Waals surface area contributed by atoms with Gasteiger partial charge in [-0.25, -0.2) is 9.07 Å². The van der Waals surface area contributed by atoms with Crippen LogP contribution < -0.4 is 0 Å². The topological polar surface area (TPSA) is 17.8 Å². The lowest BCUT2D eigenvalue weighted by Crippen LogP contribution is -2.14. The van der Waals surface area contributed by atoms with Gasteiger partial charge in [-0.15, -0.1) is 11.6 Å². The number of hydrogen-bond donors (Lipinski definition) is 0. The standard InChI is InChI=1S/C15H17Cl2FN2/c1-15(2,3)13-12(8-16)14(17)20(19-13)9-10-4-6-11(18)7-5-10/h4-7H,8-9H2,1-3H3. The van der Waals surface area contributed by atoms with Crippen LogP contribution in [0, 0.1) is 5.82 Å². The molecule has 0 bridgehead atoms. The summed E-state index contributed by atoms with van der Waals surface area (Å²) in [5.41, 5.74) is 2.59. The molecule has 1 aromatic carbocycles. The van der Waals surface area contributed by atoms with Crippen LogP contribution in [-0.4, -0.2) is 9.78 Å². The SMILES string of the molecule is CC(C)(C)c1nn(Cc2ccc(F)cc2)c(Cl)c1CCl. The molecule has 1 heterocycles. The largest absolute Gasteiger partial charge is 0.249 e. The third-order valence-electron chi connectivity index (χ3n) is 3.07. The number of halogens is 3. The number of benzene rings is 1. The van der Waals surface area contributed by atoms with Crippen molar-refractivity contribution in [3.8, 4) is 0 Å². The Morgan fingerprint density at radius 3 is 2.25 bits per heavy atom. The summed E-state index contributed by atoms with van der Waals surface area (Å²) in [6.45, 7) is 6.72. The molecule has 5 heteroatoms. The van der Waals surface area contributed by atoms with Crippen LogP contribution in [0.5, 0.6) is 0 Å². The van der Waals surface area contributed by atoms with Gasteiger partial charge in [-0.2, -0.15) is 5.10 Å². The first-order chi connectivity index (χ1) is 9.32. The zero-order chi connectivity index (χ0) is 14.9. The Labute approximate surface area is 128 Å². The van der Waals surface area contributed by atoms with E-state index in [1.807, 2.05) is 0 Å². The predicted molar refractivity (Wildman–Crippen MR) is 81.0 cm³/mol. The minimum Gasteiger partial charge on any atom is -0.249 e. The Morgan fingerprint density at radius 2 is 1.80 bits per heavy atom. The van der Waals surface area contributed by atoms with E-state index in [9.17, 15) is 4.39 Å². The molecule has 0 unspecified atom stereocenters. The lowest BCUT2D eigenvalue weighted by Gasteiger charge is -2.16. The quantitative estimate of drug-likeness (QED) is 0.747. The first kappa shape index (κ1) is 15.3. The van der Waals surface area contributed by atoms with Gasteiger partial charge >= 0.3 is 0 Å². The molecular weight excluding hydrogens is 298 g/mol. The summed E-state index contributed by atoms with van der Waals surface area (Å²) < 4.78 is 14.6. The molecule has 0 aliphatic carbocycles. The van der Waals surface area contributed by atoms with Gasteiger partial charge in [0, 0.05) is 11.0 Å². The maximum atomic E-state index is 12.9. The van der Waals surface area contributed by atoms with Crippen LogP contribution in [0.2, 0.25) is 5.15 Å². The van der Waals surface area contributed by atoms with E-state index in [0.29, 0.717) is 17.6 Å². The molecule has 0 atom stereocenters. The second-order valence-corrected chi connectivity index (χ2v) is 6.41. The fourth-order valence-corrected chi connectivity index (χ4v) is 2.64. The van der Waals surface area contributed by atoms with E-state index in [4.69, 9.17) is 23.2 Å². The lowest BCUT2D eigenvalue weighted by molar-refractivity contribution is 0.542. The van der Waals surface area contributed by atoms with Crippen molar-refractivity contribution in [1.29, 1.82) is 0 Å². The molecule has 0 radical (unpaired) electrons. The zero-order valence-electron chi connectivity index (χ0n) is 11.8. The minimum atomic E-state index is -0.253. The number of aromatic nitrogens is 2. The molecule has 108 valence electrons. The van der Waals surface area contributed by atoms with Crippen LogP contribution >= 0.6 is 23.2 Å². The molecule has 0 N–H and O–H groups in total. The molecule has 2 aromatic rings. The van der Waals surface area contributed by atoms with Gasteiger partial charge in [0.05, 0.1) is 18.1 Å². The number of nitrogens with zero attached hydrogens (tertiary/aromatic N) is 2. The molecule has 0 fully saturated rings. The Kier molecular flexibility index (Phi) is 4.40. The molecule has 0 spiro atoms. The second kappa shape index (κ2) is 5.74. The van der Waals surface area contributed by atoms with Gasteiger partial charge in [-0.1, -0.05) is 44.5 Å². The highest BCUT2D eigenvalue weighted by Gasteiger charge is 2.25. The van der Waals surface area contributed by atoms with E-state index in [1.54, 1.807) is 16.8 Å². The highest BCUT2D eigenvalue weighted by Crippen LogP contribution is 2.31. The van der Waals surface area contributed by atoms with Crippen molar-refractivity contribution in [2.75, 3.05) is 0 Å². The van der Waals surface area contributed by atoms with Crippen molar-refractivity contribution in [3.05, 3.63) is 52.1 Å². The normalized spacial score (nSPS) is 11.9. The number of rotatable bonds is 3. The van der Waals surface area contributed by atoms with Crippen LogP contribution in [0.3, 0.4) is 0 Å². The van der Waals surface area contributed by atoms with Crippen LogP contribution in [-0.2, 0) is 17.8 Å². The zero-order valence-corrected chi connectivity index (χ0v) is 13.3. The molecular formula is C15H17Cl2FN2. The highest BCUT2D eigenvalue weighted by atomic mass is 35.5. The predicted octanol–water partition coefficient (Wildman–Crippen LogP) is 4.76. The van der Waals surface area contributed by atoms with Crippen LogP contribution in [0.4, 0.5) is 4.39 Å². The van der Waals surface area contributed by atoms with E-state index >= 15 is 0 Å². The van der Waals surface area contributed by atoms with Crippen LogP contribution in [0.1, 0.15) is 37.6 Å². The third kappa shape index (κ3) is 3.15. The first-order valence-corrected chi connectivity index (χ1v) is 7.30. The number of hydrogen-bond acceptors (Lipinski definition) is 1. The van der Waals surface area contributed by atoms with Gasteiger partial charge < -0.3 is 0 Å². The van der Waals surface area contributed by atoms with E-state index in [2.05, 4.69) is 25.9 Å². The summed E-state index contributed by atoms with van der Waals surface area (Å²) in [5.74, 6) is 0.0756. The van der Waals surface area contributed by atoms with E-state index in [1.165, 1.54) is 12.1 Å². The van der Waals surface area contributed by atoms with Crippen LogP contribution in [0.15, 0.2) is 24.3 Å². The Balaban J connectivity index is 2.38. The van der Waals surface area contributed by atoms with Crippen molar-refractivity contribution in [2.45, 2.75) is 38.6 Å². The van der Waals surface area contributed by atoms with Gasteiger partial charge in [0.15, 0.2) is 0 Å². The van der Waals surface area contributed by atoms with Crippen molar-refractivity contribution in [2.24, 2.45) is 0 Å². The summed E-state index contributed by atoms with van der Waals surface area (Å²) in [7, 11) is 0. The fourth-order valence-electron chi connectivity index (χ4n) is 2.07. The maximum Gasteiger partial charge on any atom is 0.132 e. The molecule has 0 aliphatic heterocycles. The molecule has 0 saturated carbocycles. The average Bonchev–Trinajstić information content (AvgIpc) is 2.69. The molecule has 20 heavy (non-hydrogen) atoms. The lowest BCUT2D eigenvalue weighted by atomic mass is 9.90. The molecule has 0 amide bonds. The number of alkyl halides is 1. The summed E-state index contributed by atoms with van der Waals surface area (Å²) in [6, 6.07) is 6.31. The third-order valence-corrected chi connectivity index (χ3v) is 3.76. The Bertz CT molecular complexity index is 598. The smallest absolute Gasteiger partial charge is 0.132 e. The highest BCUT2D eigenvalue weighted by molar-refractivity contribution is 6.31. The Hall–Kier alpha value is -1.06.